The molecule has 1 aromatic heterocycles. The second-order valence-electron chi connectivity index (χ2n) is 4.90. The van der Waals surface area contributed by atoms with Gasteiger partial charge in [-0.25, -0.2) is 4.98 Å². The Hall–Kier alpha value is -1.79. The molecule has 1 aromatic carbocycles. The molecule has 0 fully saturated rings. The molecule has 0 spiro atoms. The highest BCUT2D eigenvalue weighted by atomic mass is 32.2. The van der Waals surface area contributed by atoms with Crippen LogP contribution >= 0.6 is 11.8 Å². The maximum absolute atomic E-state index is 11.8. The van der Waals surface area contributed by atoms with Gasteiger partial charge >= 0.3 is 0 Å². The predicted octanol–water partition coefficient (Wildman–Crippen LogP) is 2.43. The van der Waals surface area contributed by atoms with Crippen LogP contribution in [0.4, 0.5) is 0 Å². The molecule has 0 aliphatic carbocycles. The topological polar surface area (TPSA) is 56.1 Å². The summed E-state index contributed by atoms with van der Waals surface area (Å²) in [4.78, 5) is 16.1. The van der Waals surface area contributed by atoms with Gasteiger partial charge in [0.05, 0.1) is 5.75 Å². The standard InChI is InChI=1S/C16H21N3O2S/c1-13-5-3-6-14(11-13)19-9-8-18-16(19)22-12-15(20)17-7-4-10-21-2/h3,5-6,8-9,11H,4,7,10,12H2,1-2H3,(H,17,20). The van der Waals surface area contributed by atoms with Crippen LogP contribution in [0.1, 0.15) is 12.0 Å². The number of hydrogen-bond donors (Lipinski definition) is 1. The average Bonchev–Trinajstić information content (AvgIpc) is 2.98. The van der Waals surface area contributed by atoms with Crippen LogP contribution in [-0.4, -0.2) is 41.5 Å². The number of rotatable bonds is 8. The van der Waals surface area contributed by atoms with Crippen molar-refractivity contribution in [3.63, 3.8) is 0 Å². The van der Waals surface area contributed by atoms with Crippen molar-refractivity contribution in [2.75, 3.05) is 26.0 Å². The number of nitrogens with one attached hydrogen (secondary N) is 1. The Balaban J connectivity index is 1.89. The molecule has 0 saturated carbocycles. The summed E-state index contributed by atoms with van der Waals surface area (Å²) >= 11 is 1.43. The summed E-state index contributed by atoms with van der Waals surface area (Å²) in [6.45, 7) is 3.35. The second-order valence-corrected chi connectivity index (χ2v) is 5.85. The molecule has 118 valence electrons. The van der Waals surface area contributed by atoms with Crippen LogP contribution in [0.15, 0.2) is 41.8 Å². The van der Waals surface area contributed by atoms with Gasteiger partial charge in [-0.15, -0.1) is 0 Å². The van der Waals surface area contributed by atoms with Crippen molar-refractivity contribution >= 4 is 17.7 Å². The normalized spacial score (nSPS) is 10.6. The maximum Gasteiger partial charge on any atom is 0.230 e. The first-order valence-corrected chi connectivity index (χ1v) is 8.18. The van der Waals surface area contributed by atoms with Crippen molar-refractivity contribution in [1.82, 2.24) is 14.9 Å². The number of benzene rings is 1. The lowest BCUT2D eigenvalue weighted by atomic mass is 10.2. The summed E-state index contributed by atoms with van der Waals surface area (Å²) in [5.74, 6) is 0.371. The molecule has 6 heteroatoms. The van der Waals surface area contributed by atoms with E-state index in [0.29, 0.717) is 18.9 Å². The zero-order valence-electron chi connectivity index (χ0n) is 12.9. The minimum atomic E-state index is 0.0138. The van der Waals surface area contributed by atoms with Crippen molar-refractivity contribution in [3.05, 3.63) is 42.2 Å². The molecule has 2 aromatic rings. The third-order valence-corrected chi connectivity index (χ3v) is 4.03. The quantitative estimate of drug-likeness (QED) is 0.600. The molecule has 1 heterocycles. The molecule has 1 N–H and O–H groups in total. The largest absolute Gasteiger partial charge is 0.385 e. The summed E-state index contributed by atoms with van der Waals surface area (Å²) in [7, 11) is 1.66. The van der Waals surface area contributed by atoms with Gasteiger partial charge < -0.3 is 10.1 Å². The van der Waals surface area contributed by atoms with Gasteiger partial charge in [0, 0.05) is 38.3 Å². The summed E-state index contributed by atoms with van der Waals surface area (Å²) in [5.41, 5.74) is 2.25. The van der Waals surface area contributed by atoms with Gasteiger partial charge in [0.2, 0.25) is 5.91 Å². The number of carbonyl (C=O) groups is 1. The van der Waals surface area contributed by atoms with E-state index in [0.717, 1.165) is 17.3 Å². The molecular formula is C16H21N3O2S. The number of amides is 1. The van der Waals surface area contributed by atoms with E-state index in [2.05, 4.69) is 29.4 Å². The molecule has 0 atom stereocenters. The summed E-state index contributed by atoms with van der Waals surface area (Å²) < 4.78 is 6.94. The van der Waals surface area contributed by atoms with Crippen molar-refractivity contribution in [3.8, 4) is 5.69 Å². The van der Waals surface area contributed by atoms with Crippen molar-refractivity contribution in [1.29, 1.82) is 0 Å². The van der Waals surface area contributed by atoms with Crippen LogP contribution < -0.4 is 5.32 Å². The molecule has 0 saturated heterocycles. The monoisotopic (exact) mass is 319 g/mol. The molecule has 0 radical (unpaired) electrons. The van der Waals surface area contributed by atoms with Crippen molar-refractivity contribution in [2.45, 2.75) is 18.5 Å². The van der Waals surface area contributed by atoms with Gasteiger partial charge in [-0.3, -0.25) is 9.36 Å². The van der Waals surface area contributed by atoms with E-state index in [-0.39, 0.29) is 5.91 Å². The van der Waals surface area contributed by atoms with Gasteiger partial charge in [-0.05, 0) is 31.0 Å². The van der Waals surface area contributed by atoms with Gasteiger partial charge in [0.15, 0.2) is 5.16 Å². The first-order valence-electron chi connectivity index (χ1n) is 7.19. The lowest BCUT2D eigenvalue weighted by Gasteiger charge is -2.08. The molecule has 1 amide bonds. The Kier molecular flexibility index (Phi) is 6.48. The third-order valence-electron chi connectivity index (χ3n) is 3.07. The zero-order valence-corrected chi connectivity index (χ0v) is 13.7. The van der Waals surface area contributed by atoms with Crippen LogP contribution in [0.25, 0.3) is 5.69 Å². The lowest BCUT2D eigenvalue weighted by Crippen LogP contribution is -2.26. The Morgan fingerprint density at radius 1 is 1.45 bits per heavy atom. The molecule has 5 nitrogen and oxygen atoms in total. The summed E-state index contributed by atoms with van der Waals surface area (Å²) in [6.07, 6.45) is 4.49. The van der Waals surface area contributed by atoms with Crippen LogP contribution in [0.2, 0.25) is 0 Å². The number of aryl methyl sites for hydroxylation is 1. The SMILES string of the molecule is COCCCNC(=O)CSc1nccn1-c1cccc(C)c1. The van der Waals surface area contributed by atoms with Crippen molar-refractivity contribution in [2.24, 2.45) is 0 Å². The van der Waals surface area contributed by atoms with E-state index in [9.17, 15) is 4.79 Å². The van der Waals surface area contributed by atoms with E-state index >= 15 is 0 Å². The average molecular weight is 319 g/mol. The number of thioether (sulfide) groups is 1. The van der Waals surface area contributed by atoms with Crippen molar-refractivity contribution < 1.29 is 9.53 Å². The first kappa shape index (κ1) is 16.6. The highest BCUT2D eigenvalue weighted by Gasteiger charge is 2.08. The number of ether oxygens (including phenoxy) is 1. The van der Waals surface area contributed by atoms with Gasteiger partial charge in [0.25, 0.3) is 0 Å². The molecule has 22 heavy (non-hydrogen) atoms. The number of nitrogens with zero attached hydrogens (tertiary/aromatic N) is 2. The minimum Gasteiger partial charge on any atom is -0.385 e. The van der Waals surface area contributed by atoms with Gasteiger partial charge in [0.1, 0.15) is 0 Å². The van der Waals surface area contributed by atoms with Crippen LogP contribution in [0.3, 0.4) is 0 Å². The van der Waals surface area contributed by atoms with Gasteiger partial charge in [-0.2, -0.15) is 0 Å². The highest BCUT2D eigenvalue weighted by molar-refractivity contribution is 7.99. The fourth-order valence-corrected chi connectivity index (χ4v) is 2.80. The molecule has 0 aliphatic rings. The molecule has 2 rings (SSSR count). The van der Waals surface area contributed by atoms with E-state index < -0.39 is 0 Å². The van der Waals surface area contributed by atoms with Crippen LogP contribution in [0.5, 0.6) is 0 Å². The smallest absolute Gasteiger partial charge is 0.230 e. The lowest BCUT2D eigenvalue weighted by molar-refractivity contribution is -0.118. The number of methoxy groups -OCH3 is 1. The Labute approximate surface area is 135 Å². The predicted molar refractivity (Wildman–Crippen MR) is 88.5 cm³/mol. The second kappa shape index (κ2) is 8.60. The van der Waals surface area contributed by atoms with E-state index in [1.54, 1.807) is 13.3 Å². The first-order chi connectivity index (χ1) is 10.7. The zero-order chi connectivity index (χ0) is 15.8. The molecule has 0 unspecified atom stereocenters. The van der Waals surface area contributed by atoms with Gasteiger partial charge in [-0.1, -0.05) is 23.9 Å². The number of aromatic nitrogens is 2. The Morgan fingerprint density at radius 3 is 3.09 bits per heavy atom. The maximum atomic E-state index is 11.8. The Bertz CT molecular complexity index is 613. The number of carbonyl (C=O) groups excluding carboxylic acids is 1. The third kappa shape index (κ3) is 4.89. The fourth-order valence-electron chi connectivity index (χ4n) is 2.00. The van der Waals surface area contributed by atoms with E-state index in [1.807, 2.05) is 22.9 Å². The van der Waals surface area contributed by atoms with Crippen LogP contribution in [0, 0.1) is 6.92 Å². The summed E-state index contributed by atoms with van der Waals surface area (Å²) in [5, 5.41) is 3.69. The molecular weight excluding hydrogens is 298 g/mol. The Morgan fingerprint density at radius 2 is 2.32 bits per heavy atom. The van der Waals surface area contributed by atoms with E-state index in [1.165, 1.54) is 17.3 Å². The molecule has 0 bridgehead atoms. The number of hydrogen-bond acceptors (Lipinski definition) is 4. The van der Waals surface area contributed by atoms with Crippen LogP contribution in [-0.2, 0) is 9.53 Å². The number of imidazole rings is 1. The van der Waals surface area contributed by atoms with E-state index in [4.69, 9.17) is 4.74 Å². The highest BCUT2D eigenvalue weighted by Crippen LogP contribution is 2.20. The molecule has 0 aliphatic heterocycles. The minimum absolute atomic E-state index is 0.0138. The fraction of sp³-hybridized carbons (Fsp3) is 0.375. The summed E-state index contributed by atoms with van der Waals surface area (Å²) in [6, 6.07) is 8.20.